The minimum Gasteiger partial charge on any atom is -0.454 e. The number of benzene rings is 3. The first-order chi connectivity index (χ1) is 16.0. The second-order valence-corrected chi connectivity index (χ2v) is 7.70. The molecule has 1 aliphatic heterocycles. The first-order valence-corrected chi connectivity index (χ1v) is 10.5. The summed E-state index contributed by atoms with van der Waals surface area (Å²) in [6, 6.07) is 18.6. The Kier molecular flexibility index (Phi) is 6.92. The van der Waals surface area contributed by atoms with Crippen LogP contribution in [-0.2, 0) is 4.79 Å². The highest BCUT2D eigenvalue weighted by molar-refractivity contribution is 6.36. The molecule has 0 saturated carbocycles. The van der Waals surface area contributed by atoms with Crippen LogP contribution in [0.5, 0.6) is 11.5 Å². The fraction of sp³-hybridized carbons (Fsp3) is 0.0417. The van der Waals surface area contributed by atoms with Gasteiger partial charge in [-0.1, -0.05) is 53.5 Å². The Morgan fingerprint density at radius 3 is 2.52 bits per heavy atom. The Morgan fingerprint density at radius 2 is 1.73 bits per heavy atom. The Balaban J connectivity index is 1.56. The van der Waals surface area contributed by atoms with E-state index in [-0.39, 0.29) is 12.5 Å². The van der Waals surface area contributed by atoms with E-state index in [0.29, 0.717) is 38.2 Å². The van der Waals surface area contributed by atoms with Crippen LogP contribution < -0.4 is 20.2 Å². The number of carbonyl (C=O) groups excluding carboxylic acids is 2. The number of nitrogens with one attached hydrogen (secondary N) is 2. The molecule has 0 atom stereocenters. The lowest BCUT2D eigenvalue weighted by atomic mass is 10.1. The molecule has 0 aromatic heterocycles. The second kappa shape index (κ2) is 10.2. The van der Waals surface area contributed by atoms with Crippen LogP contribution in [0.15, 0.2) is 77.5 Å². The van der Waals surface area contributed by atoms with Gasteiger partial charge in [0.05, 0.1) is 11.2 Å². The summed E-state index contributed by atoms with van der Waals surface area (Å²) in [6.45, 7) is 0.128. The predicted molar refractivity (Wildman–Crippen MR) is 127 cm³/mol. The highest BCUT2D eigenvalue weighted by Gasteiger charge is 2.17. The molecule has 3 aromatic carbocycles. The monoisotopic (exact) mass is 481 g/mol. The van der Waals surface area contributed by atoms with Crippen LogP contribution in [0, 0.1) is 0 Å². The number of hydrogen-bond donors (Lipinski definition) is 2. The van der Waals surface area contributed by atoms with E-state index in [1.165, 1.54) is 12.3 Å². The molecule has 0 spiro atoms. The van der Waals surface area contributed by atoms with Gasteiger partial charge in [0, 0.05) is 16.1 Å². The standard InChI is InChI=1S/C24H17Cl2N3O4/c25-18-8-7-17(19(26)12-18)13-27-29-24(31)20(28-23(30)16-4-2-1-3-5-16)10-15-6-9-21-22(11-15)33-14-32-21/h1-13H,14H2,(H,28,30)(H,29,31). The molecule has 2 amide bonds. The fourth-order valence-electron chi connectivity index (χ4n) is 2.94. The maximum absolute atomic E-state index is 12.9. The third kappa shape index (κ3) is 5.71. The molecule has 7 nitrogen and oxygen atoms in total. The van der Waals surface area contributed by atoms with Crippen molar-refractivity contribution < 1.29 is 19.1 Å². The number of fused-ring (bicyclic) bond motifs is 1. The van der Waals surface area contributed by atoms with Crippen molar-refractivity contribution in [3.63, 3.8) is 0 Å². The molecule has 1 aliphatic rings. The number of rotatable bonds is 6. The average Bonchev–Trinajstić information content (AvgIpc) is 3.28. The van der Waals surface area contributed by atoms with Crippen molar-refractivity contribution in [2.45, 2.75) is 0 Å². The first kappa shape index (κ1) is 22.4. The van der Waals surface area contributed by atoms with E-state index in [9.17, 15) is 9.59 Å². The summed E-state index contributed by atoms with van der Waals surface area (Å²) in [6.07, 6.45) is 2.90. The minimum atomic E-state index is -0.627. The van der Waals surface area contributed by atoms with Crippen molar-refractivity contribution in [2.24, 2.45) is 5.10 Å². The van der Waals surface area contributed by atoms with Gasteiger partial charge in [0.25, 0.3) is 11.8 Å². The highest BCUT2D eigenvalue weighted by atomic mass is 35.5. The molecule has 0 fully saturated rings. The van der Waals surface area contributed by atoms with Crippen molar-refractivity contribution >= 4 is 47.3 Å². The van der Waals surface area contributed by atoms with Gasteiger partial charge in [-0.3, -0.25) is 9.59 Å². The number of hydrazone groups is 1. The van der Waals surface area contributed by atoms with Gasteiger partial charge < -0.3 is 14.8 Å². The molecule has 3 aromatic rings. The Bertz CT molecular complexity index is 1260. The van der Waals surface area contributed by atoms with E-state index in [1.54, 1.807) is 66.7 Å². The van der Waals surface area contributed by atoms with Crippen LogP contribution in [-0.4, -0.2) is 24.8 Å². The Labute approximate surface area is 199 Å². The molecular formula is C24H17Cl2N3O4. The molecule has 0 radical (unpaired) electrons. The lowest BCUT2D eigenvalue weighted by Crippen LogP contribution is -2.32. The molecule has 0 aliphatic carbocycles. The number of nitrogens with zero attached hydrogens (tertiary/aromatic N) is 1. The minimum absolute atomic E-state index is 0.0120. The van der Waals surface area contributed by atoms with Gasteiger partial charge in [-0.05, 0) is 48.0 Å². The van der Waals surface area contributed by atoms with Crippen LogP contribution >= 0.6 is 23.2 Å². The largest absolute Gasteiger partial charge is 0.454 e. The number of halogens is 2. The maximum Gasteiger partial charge on any atom is 0.287 e. The SMILES string of the molecule is O=C(NN=Cc1ccc(Cl)cc1Cl)C(=Cc1ccc2c(c1)OCO2)NC(=O)c1ccccc1. The van der Waals surface area contributed by atoms with Gasteiger partial charge >= 0.3 is 0 Å². The zero-order valence-corrected chi connectivity index (χ0v) is 18.6. The lowest BCUT2D eigenvalue weighted by Gasteiger charge is -2.09. The molecule has 0 bridgehead atoms. The molecule has 166 valence electrons. The van der Waals surface area contributed by atoms with Gasteiger partial charge in [-0.25, -0.2) is 5.43 Å². The van der Waals surface area contributed by atoms with E-state index >= 15 is 0 Å². The van der Waals surface area contributed by atoms with Crippen molar-refractivity contribution in [3.8, 4) is 11.5 Å². The molecule has 33 heavy (non-hydrogen) atoms. The van der Waals surface area contributed by atoms with Crippen LogP contribution in [0.2, 0.25) is 10.0 Å². The normalized spacial score (nSPS) is 12.6. The van der Waals surface area contributed by atoms with Gasteiger partial charge in [-0.15, -0.1) is 0 Å². The van der Waals surface area contributed by atoms with Crippen LogP contribution in [0.1, 0.15) is 21.5 Å². The summed E-state index contributed by atoms with van der Waals surface area (Å²) in [7, 11) is 0. The van der Waals surface area contributed by atoms with Crippen molar-refractivity contribution in [1.29, 1.82) is 0 Å². The van der Waals surface area contributed by atoms with Crippen molar-refractivity contribution in [1.82, 2.24) is 10.7 Å². The van der Waals surface area contributed by atoms with Crippen molar-refractivity contribution in [3.05, 3.63) is 99.2 Å². The van der Waals surface area contributed by atoms with E-state index in [2.05, 4.69) is 15.8 Å². The third-order valence-electron chi connectivity index (χ3n) is 4.57. The number of amides is 2. The fourth-order valence-corrected chi connectivity index (χ4v) is 3.40. The van der Waals surface area contributed by atoms with Crippen LogP contribution in [0.25, 0.3) is 6.08 Å². The quantitative estimate of drug-likeness (QED) is 0.304. The van der Waals surface area contributed by atoms with Gasteiger partial charge in [-0.2, -0.15) is 5.10 Å². The van der Waals surface area contributed by atoms with E-state index in [0.717, 1.165) is 0 Å². The number of ether oxygens (including phenoxy) is 2. The molecule has 0 unspecified atom stereocenters. The summed E-state index contributed by atoms with van der Waals surface area (Å²) < 4.78 is 10.7. The predicted octanol–water partition coefficient (Wildman–Crippen LogP) is 4.64. The van der Waals surface area contributed by atoms with Gasteiger partial charge in [0.1, 0.15) is 5.70 Å². The Morgan fingerprint density at radius 1 is 0.939 bits per heavy atom. The maximum atomic E-state index is 12.9. The topological polar surface area (TPSA) is 89.0 Å². The number of hydrogen-bond acceptors (Lipinski definition) is 5. The van der Waals surface area contributed by atoms with Crippen LogP contribution in [0.4, 0.5) is 0 Å². The van der Waals surface area contributed by atoms with E-state index in [4.69, 9.17) is 32.7 Å². The van der Waals surface area contributed by atoms with Gasteiger partial charge in [0.15, 0.2) is 11.5 Å². The molecule has 1 heterocycles. The zero-order chi connectivity index (χ0) is 23.2. The smallest absolute Gasteiger partial charge is 0.287 e. The molecule has 0 saturated heterocycles. The summed E-state index contributed by atoms with van der Waals surface area (Å²) >= 11 is 12.0. The summed E-state index contributed by atoms with van der Waals surface area (Å²) in [5.74, 6) is 0.0879. The average molecular weight is 482 g/mol. The van der Waals surface area contributed by atoms with Crippen molar-refractivity contribution in [2.75, 3.05) is 6.79 Å². The van der Waals surface area contributed by atoms with E-state index in [1.807, 2.05) is 0 Å². The summed E-state index contributed by atoms with van der Waals surface area (Å²) in [4.78, 5) is 25.5. The highest BCUT2D eigenvalue weighted by Crippen LogP contribution is 2.33. The number of carbonyl (C=O) groups is 2. The molecular weight excluding hydrogens is 465 g/mol. The molecule has 9 heteroatoms. The zero-order valence-electron chi connectivity index (χ0n) is 17.0. The Hall–Kier alpha value is -3.81. The second-order valence-electron chi connectivity index (χ2n) is 6.86. The summed E-state index contributed by atoms with van der Waals surface area (Å²) in [5.41, 5.74) is 3.98. The van der Waals surface area contributed by atoms with E-state index < -0.39 is 11.8 Å². The first-order valence-electron chi connectivity index (χ1n) is 9.76. The molecule has 2 N–H and O–H groups in total. The third-order valence-corrected chi connectivity index (χ3v) is 5.13. The molecule has 4 rings (SSSR count). The van der Waals surface area contributed by atoms with Gasteiger partial charge in [0.2, 0.25) is 6.79 Å². The lowest BCUT2D eigenvalue weighted by molar-refractivity contribution is -0.117. The van der Waals surface area contributed by atoms with Crippen LogP contribution in [0.3, 0.4) is 0 Å². The summed E-state index contributed by atoms with van der Waals surface area (Å²) in [5, 5.41) is 7.45.